The van der Waals surface area contributed by atoms with Crippen LogP contribution in [0.4, 0.5) is 0 Å². The van der Waals surface area contributed by atoms with Crippen molar-refractivity contribution in [3.05, 3.63) is 6.92 Å². The lowest BCUT2D eigenvalue weighted by Crippen LogP contribution is -1.97. The molecule has 0 bridgehead atoms. The third-order valence-corrected chi connectivity index (χ3v) is 2.26. The van der Waals surface area contributed by atoms with Crippen molar-refractivity contribution < 1.29 is 0 Å². The first kappa shape index (κ1) is 10.2. The number of thiocarbonyl (C=S) groups is 2. The summed E-state index contributed by atoms with van der Waals surface area (Å²) in [6.45, 7) is 5.78. The lowest BCUT2D eigenvalue weighted by molar-refractivity contribution is 1.11. The van der Waals surface area contributed by atoms with Gasteiger partial charge in [0.25, 0.3) is 0 Å². The van der Waals surface area contributed by atoms with E-state index >= 15 is 0 Å². The van der Waals surface area contributed by atoms with Crippen molar-refractivity contribution in [1.29, 1.82) is 0 Å². The van der Waals surface area contributed by atoms with Crippen LogP contribution in [0.2, 0.25) is 0 Å². The van der Waals surface area contributed by atoms with Gasteiger partial charge in [-0.15, -0.1) is 0 Å². The Morgan fingerprint density at radius 1 is 1.20 bits per heavy atom. The first-order chi connectivity index (χ1) is 4.70. The Labute approximate surface area is 74.0 Å². The standard InChI is InChI=1S/C8H13S2/c1-3-7(9)5-6-8(10)4-2/h1,3-6H2,2H3. The van der Waals surface area contributed by atoms with Gasteiger partial charge in [-0.05, 0) is 42.3 Å². The van der Waals surface area contributed by atoms with Gasteiger partial charge in [0.15, 0.2) is 0 Å². The van der Waals surface area contributed by atoms with E-state index in [2.05, 4.69) is 13.8 Å². The van der Waals surface area contributed by atoms with Crippen LogP contribution in [0.5, 0.6) is 0 Å². The topological polar surface area (TPSA) is 0 Å². The van der Waals surface area contributed by atoms with Crippen LogP contribution in [0.3, 0.4) is 0 Å². The van der Waals surface area contributed by atoms with Gasteiger partial charge in [-0.25, -0.2) is 0 Å². The van der Waals surface area contributed by atoms with Crippen LogP contribution in [0.15, 0.2) is 0 Å². The highest BCUT2D eigenvalue weighted by Gasteiger charge is 1.96. The fourth-order valence-corrected chi connectivity index (χ4v) is 0.785. The summed E-state index contributed by atoms with van der Waals surface area (Å²) in [7, 11) is 0. The zero-order chi connectivity index (χ0) is 7.98. The Morgan fingerprint density at radius 2 is 1.70 bits per heavy atom. The smallest absolute Gasteiger partial charge is 0.00680 e. The molecule has 0 unspecified atom stereocenters. The number of hydrogen-bond donors (Lipinski definition) is 0. The van der Waals surface area contributed by atoms with Crippen molar-refractivity contribution in [1.82, 2.24) is 0 Å². The third-order valence-electron chi connectivity index (χ3n) is 1.36. The van der Waals surface area contributed by atoms with Crippen LogP contribution in [-0.4, -0.2) is 9.73 Å². The molecule has 0 N–H and O–H groups in total. The Kier molecular flexibility index (Phi) is 6.03. The highest BCUT2D eigenvalue weighted by Crippen LogP contribution is 2.01. The highest BCUT2D eigenvalue weighted by atomic mass is 32.1. The van der Waals surface area contributed by atoms with Crippen LogP contribution in [0.1, 0.15) is 32.6 Å². The largest absolute Gasteiger partial charge is 0.0897 e. The molecule has 0 saturated carbocycles. The summed E-state index contributed by atoms with van der Waals surface area (Å²) in [6, 6.07) is 0. The second kappa shape index (κ2) is 5.93. The van der Waals surface area contributed by atoms with Crippen molar-refractivity contribution in [2.24, 2.45) is 0 Å². The molecule has 0 nitrogen and oxygen atoms in total. The second-order valence-corrected chi connectivity index (χ2v) is 3.34. The van der Waals surface area contributed by atoms with Gasteiger partial charge in [-0.2, -0.15) is 0 Å². The summed E-state index contributed by atoms with van der Waals surface area (Å²) < 4.78 is 0. The van der Waals surface area contributed by atoms with E-state index in [0.29, 0.717) is 0 Å². The van der Waals surface area contributed by atoms with Gasteiger partial charge in [0.2, 0.25) is 0 Å². The fourth-order valence-electron chi connectivity index (χ4n) is 0.581. The maximum absolute atomic E-state index is 5.04. The molecular formula is C8H13S2. The van der Waals surface area contributed by atoms with Crippen LogP contribution >= 0.6 is 24.4 Å². The van der Waals surface area contributed by atoms with Crippen LogP contribution in [-0.2, 0) is 0 Å². The van der Waals surface area contributed by atoms with E-state index in [1.165, 1.54) is 0 Å². The summed E-state index contributed by atoms with van der Waals surface area (Å²) in [4.78, 5) is 2.16. The van der Waals surface area contributed by atoms with Gasteiger partial charge in [-0.3, -0.25) is 0 Å². The fraction of sp³-hybridized carbons (Fsp3) is 0.625. The lowest BCUT2D eigenvalue weighted by atomic mass is 10.1. The molecule has 0 atom stereocenters. The minimum Gasteiger partial charge on any atom is -0.0897 e. The lowest BCUT2D eigenvalue weighted by Gasteiger charge is -1.99. The molecule has 0 aliphatic rings. The normalized spacial score (nSPS) is 9.40. The predicted octanol–water partition coefficient (Wildman–Crippen LogP) is 3.14. The molecule has 10 heavy (non-hydrogen) atoms. The number of rotatable bonds is 5. The number of hydrogen-bond acceptors (Lipinski definition) is 2. The molecule has 2 heteroatoms. The molecule has 0 aliphatic heterocycles. The zero-order valence-electron chi connectivity index (χ0n) is 6.35. The molecule has 0 aromatic carbocycles. The minimum atomic E-state index is 0.766. The van der Waals surface area contributed by atoms with Crippen molar-refractivity contribution in [2.75, 3.05) is 0 Å². The van der Waals surface area contributed by atoms with E-state index in [-0.39, 0.29) is 0 Å². The molecule has 1 radical (unpaired) electrons. The quantitative estimate of drug-likeness (QED) is 0.586. The van der Waals surface area contributed by atoms with Crippen LogP contribution < -0.4 is 0 Å². The molecule has 0 aromatic rings. The highest BCUT2D eigenvalue weighted by molar-refractivity contribution is 7.80. The molecule has 0 heterocycles. The van der Waals surface area contributed by atoms with E-state index in [9.17, 15) is 0 Å². The second-order valence-electron chi connectivity index (χ2n) is 2.18. The van der Waals surface area contributed by atoms with Gasteiger partial charge in [0, 0.05) is 0 Å². The maximum atomic E-state index is 5.04. The summed E-state index contributed by atoms with van der Waals surface area (Å²) in [5.74, 6) is 0. The molecule has 0 fully saturated rings. The summed E-state index contributed by atoms with van der Waals surface area (Å²) in [5, 5.41) is 0. The van der Waals surface area contributed by atoms with Crippen LogP contribution in [0.25, 0.3) is 0 Å². The molecule has 57 valence electrons. The monoisotopic (exact) mass is 173 g/mol. The maximum Gasteiger partial charge on any atom is -0.00680 e. The molecular weight excluding hydrogens is 160 g/mol. The van der Waals surface area contributed by atoms with Gasteiger partial charge in [0.1, 0.15) is 0 Å². The third kappa shape index (κ3) is 5.00. The minimum absolute atomic E-state index is 0.766. The van der Waals surface area contributed by atoms with Crippen molar-refractivity contribution >= 4 is 34.2 Å². The van der Waals surface area contributed by atoms with Crippen molar-refractivity contribution in [2.45, 2.75) is 32.6 Å². The Bertz CT molecular complexity index is 111. The van der Waals surface area contributed by atoms with E-state index in [0.717, 1.165) is 35.4 Å². The zero-order valence-corrected chi connectivity index (χ0v) is 7.99. The van der Waals surface area contributed by atoms with E-state index in [1.807, 2.05) is 0 Å². The Morgan fingerprint density at radius 3 is 2.10 bits per heavy atom. The van der Waals surface area contributed by atoms with Gasteiger partial charge in [0.05, 0.1) is 0 Å². The average Bonchev–Trinajstić information content (AvgIpc) is 1.99. The first-order valence-electron chi connectivity index (χ1n) is 3.53. The SMILES string of the molecule is [CH2]CC(=S)CCC(=S)CC. The first-order valence-corrected chi connectivity index (χ1v) is 4.35. The van der Waals surface area contributed by atoms with E-state index < -0.39 is 0 Å². The van der Waals surface area contributed by atoms with Gasteiger partial charge >= 0.3 is 0 Å². The molecule has 0 spiro atoms. The summed E-state index contributed by atoms with van der Waals surface area (Å²) in [6.07, 6.45) is 3.68. The molecule has 0 rings (SSSR count). The average molecular weight is 173 g/mol. The molecule has 0 saturated heterocycles. The molecule has 0 aromatic heterocycles. The van der Waals surface area contributed by atoms with Crippen LogP contribution in [0, 0.1) is 6.92 Å². The van der Waals surface area contributed by atoms with Gasteiger partial charge < -0.3 is 0 Å². The molecule has 0 amide bonds. The van der Waals surface area contributed by atoms with Gasteiger partial charge in [-0.1, -0.05) is 31.4 Å². The summed E-state index contributed by atoms with van der Waals surface area (Å²) >= 11 is 10.0. The predicted molar refractivity (Wildman–Crippen MR) is 54.7 cm³/mol. The Balaban J connectivity index is 3.35. The van der Waals surface area contributed by atoms with Crippen molar-refractivity contribution in [3.8, 4) is 0 Å². The van der Waals surface area contributed by atoms with E-state index in [4.69, 9.17) is 24.4 Å². The Hall–Kier alpha value is 0.180. The van der Waals surface area contributed by atoms with E-state index in [1.54, 1.807) is 0 Å². The summed E-state index contributed by atoms with van der Waals surface area (Å²) in [5.41, 5.74) is 0. The van der Waals surface area contributed by atoms with Crippen molar-refractivity contribution in [3.63, 3.8) is 0 Å². The molecule has 0 aliphatic carbocycles.